The molecule has 21 heavy (non-hydrogen) atoms. The van der Waals surface area contributed by atoms with Crippen LogP contribution in [0.25, 0.3) is 0 Å². The quantitative estimate of drug-likeness (QED) is 0.639. The molecule has 0 heterocycles. The molecule has 0 aliphatic carbocycles. The Kier molecular flexibility index (Phi) is 5.01. The number of hydrogen-bond donors (Lipinski definition) is 2. The van der Waals surface area contributed by atoms with Crippen molar-refractivity contribution >= 4 is 27.3 Å². The zero-order chi connectivity index (χ0) is 15.2. The number of nitrogen functional groups attached to an aromatic ring is 1. The molecule has 0 atom stereocenters. The molecule has 0 bridgehead atoms. The van der Waals surface area contributed by atoms with Crippen molar-refractivity contribution in [3.63, 3.8) is 0 Å². The van der Waals surface area contributed by atoms with E-state index in [0.29, 0.717) is 30.3 Å². The summed E-state index contributed by atoms with van der Waals surface area (Å²) in [6, 6.07) is 12.0. The summed E-state index contributed by atoms with van der Waals surface area (Å²) in [5, 5.41) is 11.7. The Labute approximate surface area is 130 Å². The van der Waals surface area contributed by atoms with E-state index in [0.717, 1.165) is 0 Å². The molecular weight excluding hydrogens is 337 g/mol. The third kappa shape index (κ3) is 3.86. The minimum atomic E-state index is -0.485. The minimum Gasteiger partial charge on any atom is -0.492 e. The molecule has 0 amide bonds. The first-order valence-corrected chi connectivity index (χ1v) is 7.01. The van der Waals surface area contributed by atoms with Crippen LogP contribution < -0.4 is 15.8 Å². The Bertz CT molecular complexity index is 668. The lowest BCUT2D eigenvalue weighted by Gasteiger charge is -2.10. The Morgan fingerprint density at radius 3 is 2.62 bits per heavy atom. The predicted octanol–water partition coefficient (Wildman–Crippen LogP) is 3.53. The van der Waals surface area contributed by atoms with Crippen LogP contribution in [0.15, 0.2) is 40.9 Å². The first kappa shape index (κ1) is 15.1. The highest BCUT2D eigenvalue weighted by molar-refractivity contribution is 9.10. The van der Waals surface area contributed by atoms with Crippen molar-refractivity contribution in [2.24, 2.45) is 0 Å². The number of halogens is 2. The van der Waals surface area contributed by atoms with Crippen LogP contribution in [0.2, 0.25) is 0 Å². The largest absolute Gasteiger partial charge is 0.492 e. The summed E-state index contributed by atoms with van der Waals surface area (Å²) in [4.78, 5) is 0. The molecule has 2 aromatic rings. The van der Waals surface area contributed by atoms with Gasteiger partial charge in [0.25, 0.3) is 0 Å². The van der Waals surface area contributed by atoms with Gasteiger partial charge in [0.1, 0.15) is 18.4 Å². The Hall–Kier alpha value is -2.26. The lowest BCUT2D eigenvalue weighted by atomic mass is 10.2. The topological polar surface area (TPSA) is 71.1 Å². The molecule has 2 rings (SSSR count). The Morgan fingerprint density at radius 2 is 1.95 bits per heavy atom. The first-order chi connectivity index (χ1) is 10.1. The van der Waals surface area contributed by atoms with Crippen molar-refractivity contribution in [1.29, 1.82) is 5.26 Å². The fourth-order valence-electron chi connectivity index (χ4n) is 1.69. The summed E-state index contributed by atoms with van der Waals surface area (Å²) >= 11 is 3.06. The molecule has 0 aromatic heterocycles. The molecule has 3 N–H and O–H groups in total. The van der Waals surface area contributed by atoms with Crippen LogP contribution in [-0.4, -0.2) is 13.2 Å². The van der Waals surface area contributed by atoms with Gasteiger partial charge in [-0.25, -0.2) is 4.39 Å². The van der Waals surface area contributed by atoms with E-state index in [1.54, 1.807) is 30.3 Å². The van der Waals surface area contributed by atoms with E-state index < -0.39 is 5.82 Å². The Balaban J connectivity index is 1.88. The van der Waals surface area contributed by atoms with Gasteiger partial charge in [0.05, 0.1) is 15.7 Å². The number of nitrogens with two attached hydrogens (primary N) is 1. The molecule has 0 aliphatic rings. The molecule has 6 heteroatoms. The molecule has 4 nitrogen and oxygen atoms in total. The van der Waals surface area contributed by atoms with Crippen LogP contribution in [0.4, 0.5) is 15.8 Å². The number of nitriles is 1. The average molecular weight is 350 g/mol. The lowest BCUT2D eigenvalue weighted by molar-refractivity contribution is 0.333. The monoisotopic (exact) mass is 349 g/mol. The van der Waals surface area contributed by atoms with E-state index in [2.05, 4.69) is 21.2 Å². The van der Waals surface area contributed by atoms with Gasteiger partial charge in [-0.2, -0.15) is 5.26 Å². The summed E-state index contributed by atoms with van der Waals surface area (Å²) in [6.45, 7) is 0.806. The van der Waals surface area contributed by atoms with Gasteiger partial charge in [-0.1, -0.05) is 0 Å². The fourth-order valence-corrected chi connectivity index (χ4v) is 2.13. The van der Waals surface area contributed by atoms with E-state index in [-0.39, 0.29) is 10.0 Å². The standard InChI is InChI=1S/C15H13BrFN3O/c16-14-10(9-18)1-6-13(15(14)17)20-7-8-21-12-4-2-11(19)3-5-12/h1-6,20H,7-8,19H2. The van der Waals surface area contributed by atoms with Crippen molar-refractivity contribution < 1.29 is 9.13 Å². The number of ether oxygens (including phenoxy) is 1. The Morgan fingerprint density at radius 1 is 1.24 bits per heavy atom. The number of anilines is 2. The van der Waals surface area contributed by atoms with Crippen LogP contribution in [0.5, 0.6) is 5.75 Å². The maximum Gasteiger partial charge on any atom is 0.161 e. The minimum absolute atomic E-state index is 0.162. The van der Waals surface area contributed by atoms with Gasteiger partial charge in [-0.15, -0.1) is 0 Å². The van der Waals surface area contributed by atoms with Crippen LogP contribution >= 0.6 is 15.9 Å². The average Bonchev–Trinajstić information content (AvgIpc) is 2.49. The van der Waals surface area contributed by atoms with E-state index in [1.165, 1.54) is 6.07 Å². The van der Waals surface area contributed by atoms with Gasteiger partial charge in [-0.3, -0.25) is 0 Å². The lowest BCUT2D eigenvalue weighted by Crippen LogP contribution is -2.12. The van der Waals surface area contributed by atoms with E-state index in [1.807, 2.05) is 6.07 Å². The van der Waals surface area contributed by atoms with Crippen molar-refractivity contribution in [3.8, 4) is 11.8 Å². The van der Waals surface area contributed by atoms with Crippen LogP contribution in [0.3, 0.4) is 0 Å². The molecular formula is C15H13BrFN3O. The van der Waals surface area contributed by atoms with Crippen molar-refractivity contribution in [2.45, 2.75) is 0 Å². The van der Waals surface area contributed by atoms with Gasteiger partial charge in [0.2, 0.25) is 0 Å². The maximum atomic E-state index is 13.9. The predicted molar refractivity (Wildman–Crippen MR) is 83.7 cm³/mol. The summed E-state index contributed by atoms with van der Waals surface area (Å²) in [5.41, 5.74) is 6.83. The van der Waals surface area contributed by atoms with Gasteiger partial charge >= 0.3 is 0 Å². The van der Waals surface area contributed by atoms with Crippen LogP contribution in [-0.2, 0) is 0 Å². The second-order valence-electron chi connectivity index (χ2n) is 4.24. The summed E-state index contributed by atoms with van der Waals surface area (Å²) < 4.78 is 19.6. The van der Waals surface area contributed by atoms with E-state index in [9.17, 15) is 4.39 Å². The smallest absolute Gasteiger partial charge is 0.161 e. The molecule has 0 aliphatic heterocycles. The zero-order valence-corrected chi connectivity index (χ0v) is 12.7. The van der Waals surface area contributed by atoms with Crippen molar-refractivity contribution in [2.75, 3.05) is 24.2 Å². The van der Waals surface area contributed by atoms with Gasteiger partial charge < -0.3 is 15.8 Å². The molecule has 0 saturated heterocycles. The normalized spacial score (nSPS) is 9.95. The van der Waals surface area contributed by atoms with Crippen molar-refractivity contribution in [3.05, 3.63) is 52.3 Å². The third-order valence-corrected chi connectivity index (χ3v) is 3.54. The summed E-state index contributed by atoms with van der Waals surface area (Å²) in [5.74, 6) is 0.217. The number of benzene rings is 2. The second-order valence-corrected chi connectivity index (χ2v) is 5.04. The van der Waals surface area contributed by atoms with Gasteiger partial charge in [0, 0.05) is 12.2 Å². The van der Waals surface area contributed by atoms with Crippen LogP contribution in [0, 0.1) is 17.1 Å². The fraction of sp³-hybridized carbons (Fsp3) is 0.133. The molecule has 2 aromatic carbocycles. The zero-order valence-electron chi connectivity index (χ0n) is 11.1. The van der Waals surface area contributed by atoms with E-state index in [4.69, 9.17) is 15.7 Å². The second kappa shape index (κ2) is 6.95. The molecule has 108 valence electrons. The maximum absolute atomic E-state index is 13.9. The number of hydrogen-bond acceptors (Lipinski definition) is 4. The first-order valence-electron chi connectivity index (χ1n) is 6.22. The highest BCUT2D eigenvalue weighted by Crippen LogP contribution is 2.26. The van der Waals surface area contributed by atoms with E-state index >= 15 is 0 Å². The van der Waals surface area contributed by atoms with Crippen molar-refractivity contribution in [1.82, 2.24) is 0 Å². The molecule has 0 fully saturated rings. The summed E-state index contributed by atoms with van der Waals surface area (Å²) in [7, 11) is 0. The van der Waals surface area contributed by atoms with Gasteiger partial charge in [0.15, 0.2) is 5.82 Å². The molecule has 0 radical (unpaired) electrons. The van der Waals surface area contributed by atoms with Gasteiger partial charge in [-0.05, 0) is 52.3 Å². The number of nitrogens with zero attached hydrogens (tertiary/aromatic N) is 1. The third-order valence-electron chi connectivity index (χ3n) is 2.77. The molecule has 0 spiro atoms. The number of rotatable bonds is 5. The SMILES string of the molecule is N#Cc1ccc(NCCOc2ccc(N)cc2)c(F)c1Br. The van der Waals surface area contributed by atoms with Crippen LogP contribution in [0.1, 0.15) is 5.56 Å². The highest BCUT2D eigenvalue weighted by atomic mass is 79.9. The highest BCUT2D eigenvalue weighted by Gasteiger charge is 2.10. The summed E-state index contributed by atoms with van der Waals surface area (Å²) in [6.07, 6.45) is 0. The number of nitrogens with one attached hydrogen (secondary N) is 1. The molecule has 0 unspecified atom stereocenters. The molecule has 0 saturated carbocycles.